The largest absolute Gasteiger partial charge is 1.00 e. The van der Waals surface area contributed by atoms with E-state index in [0.29, 0.717) is 0 Å². The van der Waals surface area contributed by atoms with Crippen LogP contribution in [0.25, 0.3) is 0 Å². The van der Waals surface area contributed by atoms with Gasteiger partial charge in [-0.1, -0.05) is 0 Å². The second kappa shape index (κ2) is 20.7. The fraction of sp³-hybridized carbons (Fsp3) is 0. The topological polar surface area (TPSA) is 199 Å². The maximum atomic E-state index is 9.32. The van der Waals surface area contributed by atoms with Gasteiger partial charge in [-0.05, 0) is 0 Å². The molecule has 0 aromatic carbocycles. The van der Waals surface area contributed by atoms with Crippen molar-refractivity contribution in [2.24, 2.45) is 0 Å². The van der Waals surface area contributed by atoms with E-state index in [4.69, 9.17) is 0 Å². The number of hydrogen-bond donors (Lipinski definition) is 0. The summed E-state index contributed by atoms with van der Waals surface area (Å²) in [5, 5.41) is 0. The second-order valence-electron chi connectivity index (χ2n) is 0.976. The molecule has 0 heterocycles. The summed E-state index contributed by atoms with van der Waals surface area (Å²) in [6, 6.07) is 0. The molecule has 0 saturated carbocycles. The van der Waals surface area contributed by atoms with Crippen molar-refractivity contribution in [2.45, 2.75) is 0 Å². The molecule has 0 bridgehead atoms. The van der Waals surface area contributed by atoms with Gasteiger partial charge in [0.15, 0.2) is 0 Å². The first-order chi connectivity index (χ1) is 3.71. The van der Waals surface area contributed by atoms with Gasteiger partial charge in [-0.3, -0.25) is 0 Å². The first-order valence-corrected chi connectivity index (χ1v) is 4.38. The van der Waals surface area contributed by atoms with Gasteiger partial charge >= 0.3 is 206 Å². The molecule has 0 aliphatic heterocycles. The zero-order valence-electron chi connectivity index (χ0n) is 8.75. The Labute approximate surface area is 256 Å². The maximum Gasteiger partial charge on any atom is 1.00 e. The Hall–Kier alpha value is 6.73. The Kier molecular flexibility index (Phi) is 59.5. The van der Waals surface area contributed by atoms with Gasteiger partial charge in [0, 0.05) is 0 Å². The first kappa shape index (κ1) is 43.0. The molecule has 9 nitrogen and oxygen atoms in total. The average molecular weight is 366 g/mol. The smallest absolute Gasteiger partial charge is 0.790 e. The SMILES string of the molecule is O.O.O=P([O-])([O-])OP(=O)([O-])[O-].[K+].[K+].[K+].[K+]. The zero-order chi connectivity index (χ0) is 7.71. The monoisotopic (exact) mass is 366 g/mol. The van der Waals surface area contributed by atoms with E-state index in [1.54, 1.807) is 0 Å². The van der Waals surface area contributed by atoms with E-state index < -0.39 is 15.6 Å². The molecule has 0 aliphatic carbocycles. The molecule has 0 amide bonds. The quantitative estimate of drug-likeness (QED) is 0.341. The number of rotatable bonds is 2. The van der Waals surface area contributed by atoms with Crippen LogP contribution in [0, 0.1) is 0 Å². The third-order valence-electron chi connectivity index (χ3n) is 0.200. The summed E-state index contributed by atoms with van der Waals surface area (Å²) in [7, 11) is -11.4. The Morgan fingerprint density at radius 3 is 0.800 bits per heavy atom. The van der Waals surface area contributed by atoms with E-state index in [2.05, 4.69) is 4.31 Å². The predicted molar refractivity (Wildman–Crippen MR) is 23.5 cm³/mol. The Bertz CT molecular complexity index is 161. The molecular weight excluding hydrogens is 362 g/mol. The summed E-state index contributed by atoms with van der Waals surface area (Å²) < 4.78 is 21.2. The molecule has 4 N–H and O–H groups in total. The van der Waals surface area contributed by atoms with E-state index in [-0.39, 0.29) is 216 Å². The summed E-state index contributed by atoms with van der Waals surface area (Å²) in [4.78, 5) is 37.3. The molecule has 0 radical (unpaired) electrons. The minimum Gasteiger partial charge on any atom is -0.790 e. The molecule has 0 aromatic rings. The van der Waals surface area contributed by atoms with Crippen LogP contribution in [0.1, 0.15) is 0 Å². The van der Waals surface area contributed by atoms with Crippen molar-refractivity contribution in [3.63, 3.8) is 0 Å². The summed E-state index contributed by atoms with van der Waals surface area (Å²) >= 11 is 0. The van der Waals surface area contributed by atoms with Crippen molar-refractivity contribution >= 4 is 15.6 Å². The predicted octanol–water partition coefficient (Wildman–Crippen LogP) is -17.0. The Morgan fingerprint density at radius 1 is 0.667 bits per heavy atom. The molecule has 72 valence electrons. The van der Waals surface area contributed by atoms with E-state index >= 15 is 0 Å². The van der Waals surface area contributed by atoms with Gasteiger partial charge in [0.1, 0.15) is 0 Å². The van der Waals surface area contributed by atoms with Crippen molar-refractivity contribution < 1.29 is 250 Å². The van der Waals surface area contributed by atoms with Crippen LogP contribution in [0.5, 0.6) is 0 Å². The molecule has 0 rings (SSSR count). The first-order valence-electron chi connectivity index (χ1n) is 1.46. The van der Waals surface area contributed by atoms with Crippen LogP contribution in [-0.2, 0) is 13.4 Å². The number of phosphoric acid groups is 2. The Morgan fingerprint density at radius 2 is 0.800 bits per heavy atom. The van der Waals surface area contributed by atoms with E-state index in [1.807, 2.05) is 0 Å². The molecule has 0 saturated heterocycles. The molecular formula is H4K4O9P2. The van der Waals surface area contributed by atoms with Crippen LogP contribution >= 0.6 is 15.6 Å². The van der Waals surface area contributed by atoms with Gasteiger partial charge < -0.3 is 44.0 Å². The third kappa shape index (κ3) is 44.9. The van der Waals surface area contributed by atoms with Crippen LogP contribution in [-0.4, -0.2) is 11.0 Å². The Balaban J connectivity index is -0.0000000213. The summed E-state index contributed by atoms with van der Waals surface area (Å²) in [6.45, 7) is 0. The minimum absolute atomic E-state index is 0. The summed E-state index contributed by atoms with van der Waals surface area (Å²) in [5.41, 5.74) is 0. The standard InChI is InChI=1S/4K.H4O7P2.2H2O/c;;;;1-8(2,3)7-9(4,5)6;;/h;;;;(H2,1,2,3)(H2,4,5,6);2*1H2/q4*+1;;;/p-4. The molecule has 0 fully saturated rings. The van der Waals surface area contributed by atoms with Crippen LogP contribution < -0.4 is 225 Å². The van der Waals surface area contributed by atoms with Gasteiger partial charge in [-0.25, -0.2) is 0 Å². The maximum absolute atomic E-state index is 9.32. The van der Waals surface area contributed by atoms with E-state index in [9.17, 15) is 28.7 Å². The molecule has 0 aromatic heterocycles. The molecule has 15 heteroatoms. The zero-order valence-corrected chi connectivity index (χ0v) is 23.0. The van der Waals surface area contributed by atoms with Crippen molar-refractivity contribution in [1.82, 2.24) is 0 Å². The normalized spacial score (nSPS) is 8.27. The van der Waals surface area contributed by atoms with Gasteiger partial charge in [0.25, 0.3) is 0 Å². The van der Waals surface area contributed by atoms with Crippen molar-refractivity contribution in [1.29, 1.82) is 0 Å². The van der Waals surface area contributed by atoms with Gasteiger partial charge in [0.05, 0.1) is 15.6 Å². The molecule has 0 unspecified atom stereocenters. The van der Waals surface area contributed by atoms with E-state index in [1.165, 1.54) is 0 Å². The summed E-state index contributed by atoms with van der Waals surface area (Å²) in [5.74, 6) is 0. The molecule has 0 atom stereocenters. The van der Waals surface area contributed by atoms with Gasteiger partial charge in [-0.15, -0.1) is 0 Å². The molecule has 15 heavy (non-hydrogen) atoms. The summed E-state index contributed by atoms with van der Waals surface area (Å²) in [6.07, 6.45) is 0. The third-order valence-corrected chi connectivity index (χ3v) is 1.80. The van der Waals surface area contributed by atoms with Crippen LogP contribution in [0.4, 0.5) is 0 Å². The fourth-order valence-electron chi connectivity index (χ4n) is 0.122. The number of hydrogen-bond acceptors (Lipinski definition) is 7. The second-order valence-corrected chi connectivity index (χ2v) is 3.42. The molecule has 0 spiro atoms. The van der Waals surface area contributed by atoms with Crippen LogP contribution in [0.3, 0.4) is 0 Å². The van der Waals surface area contributed by atoms with Gasteiger partial charge in [0.2, 0.25) is 0 Å². The van der Waals surface area contributed by atoms with Crippen LogP contribution in [0.15, 0.2) is 0 Å². The fourth-order valence-corrected chi connectivity index (χ4v) is 1.10. The average Bonchev–Trinajstić information content (AvgIpc) is 1.14. The minimum atomic E-state index is -5.68. The van der Waals surface area contributed by atoms with Gasteiger partial charge in [-0.2, -0.15) is 0 Å². The van der Waals surface area contributed by atoms with Crippen molar-refractivity contribution in [2.75, 3.05) is 0 Å². The van der Waals surface area contributed by atoms with E-state index in [0.717, 1.165) is 0 Å². The molecule has 0 aliphatic rings. The van der Waals surface area contributed by atoms with Crippen molar-refractivity contribution in [3.05, 3.63) is 0 Å². The van der Waals surface area contributed by atoms with Crippen LogP contribution in [0.2, 0.25) is 0 Å². The van der Waals surface area contributed by atoms with Crippen molar-refractivity contribution in [3.8, 4) is 0 Å².